The second-order valence-electron chi connectivity index (χ2n) is 6.96. The van der Waals surface area contributed by atoms with Gasteiger partial charge in [0.1, 0.15) is 0 Å². The summed E-state index contributed by atoms with van der Waals surface area (Å²) in [7, 11) is 3.48. The maximum atomic E-state index is 5.46. The molecule has 0 atom stereocenters. The molecule has 7 heteroatoms. The highest BCUT2D eigenvalue weighted by Crippen LogP contribution is 2.13. The largest absolute Gasteiger partial charge is 0.382 e. The van der Waals surface area contributed by atoms with Crippen LogP contribution in [0.4, 0.5) is 0 Å². The van der Waals surface area contributed by atoms with Gasteiger partial charge in [-0.3, -0.25) is 9.89 Å². The number of hydrogen-bond donors (Lipinski definition) is 2. The van der Waals surface area contributed by atoms with Gasteiger partial charge in [0, 0.05) is 40.4 Å². The maximum Gasteiger partial charge on any atom is 0.191 e. The molecule has 0 unspecified atom stereocenters. The van der Waals surface area contributed by atoms with E-state index in [1.54, 1.807) is 14.2 Å². The van der Waals surface area contributed by atoms with Gasteiger partial charge in [0.2, 0.25) is 0 Å². The molecule has 2 N–H and O–H groups in total. The lowest BCUT2D eigenvalue weighted by Crippen LogP contribution is -2.37. The normalized spacial score (nSPS) is 15.1. The minimum atomic E-state index is 0. The molecule has 1 fully saturated rings. The van der Waals surface area contributed by atoms with Crippen LogP contribution in [-0.4, -0.2) is 64.5 Å². The number of ether oxygens (including phenoxy) is 2. The summed E-state index contributed by atoms with van der Waals surface area (Å²) in [6.07, 6.45) is 5.01. The molecule has 0 amide bonds. The topological polar surface area (TPSA) is 58.1 Å². The van der Waals surface area contributed by atoms with Gasteiger partial charge in [0.25, 0.3) is 0 Å². The van der Waals surface area contributed by atoms with Gasteiger partial charge in [-0.1, -0.05) is 30.7 Å². The van der Waals surface area contributed by atoms with Crippen molar-refractivity contribution in [2.45, 2.75) is 38.8 Å². The third kappa shape index (κ3) is 10.6. The second-order valence-corrected chi connectivity index (χ2v) is 6.96. The van der Waals surface area contributed by atoms with Crippen molar-refractivity contribution in [1.82, 2.24) is 15.5 Å². The highest BCUT2D eigenvalue weighted by Gasteiger charge is 2.10. The van der Waals surface area contributed by atoms with Gasteiger partial charge >= 0.3 is 0 Å². The number of aliphatic imine (C=N–C) groups is 1. The van der Waals surface area contributed by atoms with E-state index in [9.17, 15) is 0 Å². The number of nitrogens with zero attached hydrogens (tertiary/aromatic N) is 2. The zero-order chi connectivity index (χ0) is 19.2. The summed E-state index contributed by atoms with van der Waals surface area (Å²) >= 11 is 0. The van der Waals surface area contributed by atoms with Crippen LogP contribution in [-0.2, 0) is 22.6 Å². The fourth-order valence-electron chi connectivity index (χ4n) is 3.17. The van der Waals surface area contributed by atoms with Crippen molar-refractivity contribution in [3.8, 4) is 0 Å². The number of guanidine groups is 1. The predicted octanol–water partition coefficient (Wildman–Crippen LogP) is 3.01. The summed E-state index contributed by atoms with van der Waals surface area (Å²) in [5.41, 5.74) is 2.67. The van der Waals surface area contributed by atoms with Gasteiger partial charge < -0.3 is 20.1 Å². The highest BCUT2D eigenvalue weighted by molar-refractivity contribution is 14.0. The van der Waals surface area contributed by atoms with Crippen LogP contribution >= 0.6 is 24.0 Å². The number of nitrogens with one attached hydrogen (secondary N) is 2. The summed E-state index contributed by atoms with van der Waals surface area (Å²) in [5, 5.41) is 6.68. The number of methoxy groups -OCH3 is 1. The minimum Gasteiger partial charge on any atom is -0.382 e. The van der Waals surface area contributed by atoms with E-state index in [1.807, 2.05) is 0 Å². The van der Waals surface area contributed by atoms with Crippen molar-refractivity contribution < 1.29 is 9.47 Å². The van der Waals surface area contributed by atoms with E-state index >= 15 is 0 Å². The van der Waals surface area contributed by atoms with Crippen LogP contribution in [0.1, 0.15) is 36.8 Å². The second kappa shape index (κ2) is 16.0. The van der Waals surface area contributed by atoms with Crippen LogP contribution in [0.3, 0.4) is 0 Å². The molecule has 1 aromatic carbocycles. The Bertz CT molecular complexity index is 534. The van der Waals surface area contributed by atoms with E-state index in [1.165, 1.54) is 43.5 Å². The van der Waals surface area contributed by atoms with Crippen LogP contribution in [0.5, 0.6) is 0 Å². The molecule has 2 rings (SSSR count). The molecule has 28 heavy (non-hydrogen) atoms. The Morgan fingerprint density at radius 3 is 2.39 bits per heavy atom. The summed E-state index contributed by atoms with van der Waals surface area (Å²) in [6, 6.07) is 8.92. The molecule has 0 radical (unpaired) electrons. The van der Waals surface area contributed by atoms with E-state index in [4.69, 9.17) is 9.47 Å². The Hall–Kier alpha value is -0.900. The third-order valence-corrected chi connectivity index (χ3v) is 4.75. The van der Waals surface area contributed by atoms with Crippen molar-refractivity contribution in [3.63, 3.8) is 0 Å². The van der Waals surface area contributed by atoms with Gasteiger partial charge in [-0.25, -0.2) is 0 Å². The van der Waals surface area contributed by atoms with Crippen LogP contribution in [0, 0.1) is 0 Å². The van der Waals surface area contributed by atoms with Gasteiger partial charge in [0.05, 0.1) is 13.2 Å². The first-order valence-electron chi connectivity index (χ1n) is 10.1. The lowest BCUT2D eigenvalue weighted by atomic mass is 10.1. The Balaban J connectivity index is 0.00000392. The van der Waals surface area contributed by atoms with Crippen molar-refractivity contribution in [2.24, 2.45) is 4.99 Å². The molecule has 0 spiro atoms. The highest BCUT2D eigenvalue weighted by atomic mass is 127. The van der Waals surface area contributed by atoms with Crippen LogP contribution < -0.4 is 10.6 Å². The number of halogens is 1. The van der Waals surface area contributed by atoms with Gasteiger partial charge in [-0.15, -0.1) is 24.0 Å². The maximum absolute atomic E-state index is 5.46. The fourth-order valence-corrected chi connectivity index (χ4v) is 3.17. The van der Waals surface area contributed by atoms with Crippen molar-refractivity contribution in [1.29, 1.82) is 0 Å². The SMILES string of the molecule is CN=C(NCCCOCCOC)NCc1ccc(CN2CCCCC2)cc1.I. The molecule has 6 nitrogen and oxygen atoms in total. The average Bonchev–Trinajstić information content (AvgIpc) is 2.71. The zero-order valence-electron chi connectivity index (χ0n) is 17.4. The molecular weight excluding hydrogens is 467 g/mol. The average molecular weight is 504 g/mol. The summed E-state index contributed by atoms with van der Waals surface area (Å²) in [5.74, 6) is 0.823. The number of rotatable bonds is 11. The molecule has 0 saturated carbocycles. The summed E-state index contributed by atoms with van der Waals surface area (Å²) < 4.78 is 10.4. The Kier molecular flexibility index (Phi) is 14.3. The van der Waals surface area contributed by atoms with Gasteiger partial charge in [0.15, 0.2) is 5.96 Å². The number of benzene rings is 1. The number of hydrogen-bond acceptors (Lipinski definition) is 4. The van der Waals surface area contributed by atoms with Crippen molar-refractivity contribution in [2.75, 3.05) is 53.6 Å². The Labute approximate surface area is 187 Å². The first kappa shape index (κ1) is 25.1. The van der Waals surface area contributed by atoms with E-state index in [2.05, 4.69) is 44.8 Å². The monoisotopic (exact) mass is 504 g/mol. The molecule has 0 bridgehead atoms. The molecule has 0 aromatic heterocycles. The molecule has 0 aliphatic carbocycles. The van der Waals surface area contributed by atoms with Crippen molar-refractivity contribution >= 4 is 29.9 Å². The van der Waals surface area contributed by atoms with Gasteiger partial charge in [-0.05, 0) is 43.5 Å². The predicted molar refractivity (Wildman–Crippen MR) is 126 cm³/mol. The Morgan fingerprint density at radius 1 is 1.00 bits per heavy atom. The number of likely N-dealkylation sites (tertiary alicyclic amines) is 1. The van der Waals surface area contributed by atoms with Crippen molar-refractivity contribution in [3.05, 3.63) is 35.4 Å². The van der Waals surface area contributed by atoms with E-state index in [-0.39, 0.29) is 24.0 Å². The molecule has 1 aliphatic rings. The molecule has 160 valence electrons. The lowest BCUT2D eigenvalue weighted by molar-refractivity contribution is 0.0698. The molecule has 1 saturated heterocycles. The lowest BCUT2D eigenvalue weighted by Gasteiger charge is -2.26. The quantitative estimate of drug-likeness (QED) is 0.210. The molecule has 1 heterocycles. The zero-order valence-corrected chi connectivity index (χ0v) is 19.7. The smallest absolute Gasteiger partial charge is 0.191 e. The number of piperidine rings is 1. The minimum absolute atomic E-state index is 0. The van der Waals surface area contributed by atoms with E-state index in [0.29, 0.717) is 13.2 Å². The fraction of sp³-hybridized carbons (Fsp3) is 0.667. The van der Waals surface area contributed by atoms with Gasteiger partial charge in [-0.2, -0.15) is 0 Å². The molecule has 1 aromatic rings. The van der Waals surface area contributed by atoms with E-state index < -0.39 is 0 Å². The first-order chi connectivity index (χ1) is 13.3. The van der Waals surface area contributed by atoms with Crippen LogP contribution in [0.2, 0.25) is 0 Å². The molecular formula is C21H37IN4O2. The van der Waals surface area contributed by atoms with E-state index in [0.717, 1.165) is 38.6 Å². The van der Waals surface area contributed by atoms with Crippen LogP contribution in [0.15, 0.2) is 29.3 Å². The molecule has 1 aliphatic heterocycles. The van der Waals surface area contributed by atoms with Crippen LogP contribution in [0.25, 0.3) is 0 Å². The Morgan fingerprint density at radius 2 is 1.71 bits per heavy atom. The summed E-state index contributed by atoms with van der Waals surface area (Å²) in [6.45, 7) is 7.18. The third-order valence-electron chi connectivity index (χ3n) is 4.75. The first-order valence-corrected chi connectivity index (χ1v) is 10.1. The standard InChI is InChI=1S/C21H36N4O2.HI/c1-22-21(23-11-6-14-27-16-15-26-2)24-17-19-7-9-20(10-8-19)18-25-12-4-3-5-13-25;/h7-10H,3-6,11-18H2,1-2H3,(H2,22,23,24);1H. The summed E-state index contributed by atoms with van der Waals surface area (Å²) in [4.78, 5) is 6.83.